The first-order valence-corrected chi connectivity index (χ1v) is 13.2. The number of para-hydroxylation sites is 2. The number of rotatable bonds is 4. The Hall–Kier alpha value is -5.55. The van der Waals surface area contributed by atoms with Crippen molar-refractivity contribution < 1.29 is 4.42 Å². The fourth-order valence-electron chi connectivity index (χ4n) is 5.55. The van der Waals surface area contributed by atoms with E-state index in [2.05, 4.69) is 81.3 Å². The number of pyridine rings is 2. The third kappa shape index (κ3) is 3.60. The Morgan fingerprint density at radius 2 is 1.38 bits per heavy atom. The highest BCUT2D eigenvalue weighted by molar-refractivity contribution is 6.16. The van der Waals surface area contributed by atoms with Crippen molar-refractivity contribution in [1.29, 1.82) is 0 Å². The molecule has 5 nitrogen and oxygen atoms in total. The molecule has 8 aromatic rings. The zero-order chi connectivity index (χ0) is 26.5. The highest BCUT2D eigenvalue weighted by Gasteiger charge is 2.19. The summed E-state index contributed by atoms with van der Waals surface area (Å²) >= 11 is 0. The van der Waals surface area contributed by atoms with Crippen LogP contribution in [0.2, 0.25) is 0 Å². The fourth-order valence-corrected chi connectivity index (χ4v) is 5.55. The highest BCUT2D eigenvalue weighted by atomic mass is 16.3. The lowest BCUT2D eigenvalue weighted by atomic mass is 10.0. The summed E-state index contributed by atoms with van der Waals surface area (Å²) < 4.78 is 8.47. The second-order valence-corrected chi connectivity index (χ2v) is 9.73. The highest BCUT2D eigenvalue weighted by Crippen LogP contribution is 2.40. The Morgan fingerprint density at radius 3 is 2.20 bits per heavy atom. The molecule has 0 amide bonds. The van der Waals surface area contributed by atoms with Crippen LogP contribution in [0.5, 0.6) is 0 Å². The second kappa shape index (κ2) is 9.03. The summed E-state index contributed by atoms with van der Waals surface area (Å²) in [6.45, 7) is 0. The van der Waals surface area contributed by atoms with Crippen molar-refractivity contribution >= 4 is 32.9 Å². The van der Waals surface area contributed by atoms with E-state index < -0.39 is 0 Å². The van der Waals surface area contributed by atoms with E-state index in [4.69, 9.17) is 9.40 Å². The van der Waals surface area contributed by atoms with Crippen LogP contribution >= 0.6 is 0 Å². The largest absolute Gasteiger partial charge is 0.436 e. The van der Waals surface area contributed by atoms with Gasteiger partial charge in [-0.15, -0.1) is 0 Å². The van der Waals surface area contributed by atoms with Gasteiger partial charge in [-0.25, -0.2) is 4.98 Å². The molecule has 0 unspecified atom stereocenters. The van der Waals surface area contributed by atoms with Crippen LogP contribution in [0.15, 0.2) is 138 Å². The number of fused-ring (bicyclic) bond motifs is 4. The first-order chi connectivity index (χ1) is 19.8. The van der Waals surface area contributed by atoms with Crippen LogP contribution in [0, 0.1) is 0 Å². The molecule has 4 heterocycles. The van der Waals surface area contributed by atoms with E-state index in [0.717, 1.165) is 66.7 Å². The lowest BCUT2D eigenvalue weighted by Crippen LogP contribution is -1.95. The number of hydrogen-bond acceptors (Lipinski definition) is 4. The second-order valence-electron chi connectivity index (χ2n) is 9.73. The number of benzene rings is 4. The van der Waals surface area contributed by atoms with Crippen molar-refractivity contribution in [2.24, 2.45) is 0 Å². The predicted molar refractivity (Wildman–Crippen MR) is 160 cm³/mol. The fraction of sp³-hybridized carbons (Fsp3) is 0. The number of oxazole rings is 1. The number of hydrogen-bond donors (Lipinski definition) is 0. The van der Waals surface area contributed by atoms with Gasteiger partial charge < -0.3 is 8.98 Å². The average molecular weight is 515 g/mol. The standard InChI is InChI=1S/C35H22N4O/c1-2-16-33-30(14-1)38-35(40-33)24-17-18-27-32(22-24)39(25-10-7-9-23(21-25)28-12-3-5-19-36-28)31-15-8-11-26(34(27)31)29-13-4-6-20-37-29/h1-22H. The molecule has 0 aliphatic carbocycles. The van der Waals surface area contributed by atoms with Gasteiger partial charge in [0.1, 0.15) is 5.52 Å². The Kier molecular flexibility index (Phi) is 5.07. The number of aromatic nitrogens is 4. The normalized spacial score (nSPS) is 11.5. The summed E-state index contributed by atoms with van der Waals surface area (Å²) in [5.41, 5.74) is 9.80. The van der Waals surface area contributed by atoms with Crippen LogP contribution in [-0.2, 0) is 0 Å². The van der Waals surface area contributed by atoms with Gasteiger partial charge in [-0.1, -0.05) is 54.6 Å². The monoisotopic (exact) mass is 514 g/mol. The molecule has 0 spiro atoms. The van der Waals surface area contributed by atoms with Crippen molar-refractivity contribution in [1.82, 2.24) is 19.5 Å². The zero-order valence-corrected chi connectivity index (χ0v) is 21.4. The molecule has 4 aromatic heterocycles. The molecular formula is C35H22N4O. The lowest BCUT2D eigenvalue weighted by molar-refractivity contribution is 0.620. The van der Waals surface area contributed by atoms with Crippen LogP contribution in [0.1, 0.15) is 0 Å². The molecular weight excluding hydrogens is 492 g/mol. The first-order valence-electron chi connectivity index (χ1n) is 13.2. The van der Waals surface area contributed by atoms with Gasteiger partial charge >= 0.3 is 0 Å². The molecule has 188 valence electrons. The molecule has 0 bridgehead atoms. The van der Waals surface area contributed by atoms with Crippen LogP contribution in [0.3, 0.4) is 0 Å². The van der Waals surface area contributed by atoms with Crippen molar-refractivity contribution in [3.05, 3.63) is 134 Å². The van der Waals surface area contributed by atoms with Gasteiger partial charge in [-0.05, 0) is 66.7 Å². The van der Waals surface area contributed by atoms with Crippen LogP contribution < -0.4 is 0 Å². The molecule has 5 heteroatoms. The Morgan fingerprint density at radius 1 is 0.575 bits per heavy atom. The minimum atomic E-state index is 0.604. The van der Waals surface area contributed by atoms with Gasteiger partial charge in [-0.3, -0.25) is 9.97 Å². The van der Waals surface area contributed by atoms with Crippen LogP contribution in [0.25, 0.3) is 72.6 Å². The van der Waals surface area contributed by atoms with E-state index in [0.29, 0.717) is 5.89 Å². The quantitative estimate of drug-likeness (QED) is 0.236. The molecule has 40 heavy (non-hydrogen) atoms. The van der Waals surface area contributed by atoms with Gasteiger partial charge in [0, 0.05) is 45.5 Å². The number of nitrogens with zero attached hydrogens (tertiary/aromatic N) is 4. The van der Waals surface area contributed by atoms with E-state index in [-0.39, 0.29) is 0 Å². The third-order valence-corrected chi connectivity index (χ3v) is 7.34. The summed E-state index contributed by atoms with van der Waals surface area (Å²) in [5, 5.41) is 2.29. The summed E-state index contributed by atoms with van der Waals surface area (Å²) in [6, 6.07) is 41.3. The topological polar surface area (TPSA) is 56.7 Å². The van der Waals surface area contributed by atoms with Crippen molar-refractivity contribution in [3.8, 4) is 39.7 Å². The van der Waals surface area contributed by atoms with Gasteiger partial charge in [-0.2, -0.15) is 0 Å². The summed E-state index contributed by atoms with van der Waals surface area (Å²) in [4.78, 5) is 14.0. The maximum absolute atomic E-state index is 6.15. The molecule has 0 saturated carbocycles. The van der Waals surface area contributed by atoms with Gasteiger partial charge in [0.25, 0.3) is 0 Å². The molecule has 0 radical (unpaired) electrons. The molecule has 0 fully saturated rings. The van der Waals surface area contributed by atoms with E-state index in [1.165, 1.54) is 0 Å². The SMILES string of the molecule is c1ccc(-c2cccc(-n3c4cc(-c5nc6ccccc6o5)ccc4c4c(-c5ccccn5)cccc43)c2)nc1. The summed E-state index contributed by atoms with van der Waals surface area (Å²) in [6.07, 6.45) is 3.67. The molecule has 0 aliphatic heterocycles. The minimum absolute atomic E-state index is 0.604. The molecule has 8 rings (SSSR count). The first kappa shape index (κ1) is 22.4. The Labute approximate surface area is 230 Å². The van der Waals surface area contributed by atoms with Crippen molar-refractivity contribution in [2.75, 3.05) is 0 Å². The zero-order valence-electron chi connectivity index (χ0n) is 21.4. The maximum Gasteiger partial charge on any atom is 0.227 e. The molecule has 0 N–H and O–H groups in total. The van der Waals surface area contributed by atoms with E-state index in [1.807, 2.05) is 67.0 Å². The molecule has 0 atom stereocenters. The van der Waals surface area contributed by atoms with E-state index >= 15 is 0 Å². The predicted octanol–water partition coefficient (Wildman–Crippen LogP) is 8.72. The van der Waals surface area contributed by atoms with Crippen LogP contribution in [-0.4, -0.2) is 19.5 Å². The van der Waals surface area contributed by atoms with Crippen molar-refractivity contribution in [2.45, 2.75) is 0 Å². The lowest BCUT2D eigenvalue weighted by Gasteiger charge is -2.11. The third-order valence-electron chi connectivity index (χ3n) is 7.34. The van der Waals surface area contributed by atoms with Gasteiger partial charge in [0.05, 0.1) is 22.4 Å². The summed E-state index contributed by atoms with van der Waals surface area (Å²) in [7, 11) is 0. The molecule has 4 aromatic carbocycles. The minimum Gasteiger partial charge on any atom is -0.436 e. The molecule has 0 aliphatic rings. The Bertz CT molecular complexity index is 2130. The Balaban J connectivity index is 1.43. The average Bonchev–Trinajstić information content (AvgIpc) is 3.61. The van der Waals surface area contributed by atoms with E-state index in [9.17, 15) is 0 Å². The summed E-state index contributed by atoms with van der Waals surface area (Å²) in [5.74, 6) is 0.604. The van der Waals surface area contributed by atoms with Gasteiger partial charge in [0.15, 0.2) is 5.58 Å². The van der Waals surface area contributed by atoms with Crippen molar-refractivity contribution in [3.63, 3.8) is 0 Å². The van der Waals surface area contributed by atoms with E-state index in [1.54, 1.807) is 0 Å². The van der Waals surface area contributed by atoms with Crippen LogP contribution in [0.4, 0.5) is 0 Å². The smallest absolute Gasteiger partial charge is 0.227 e. The molecule has 0 saturated heterocycles. The maximum atomic E-state index is 6.15. The van der Waals surface area contributed by atoms with Gasteiger partial charge in [0.2, 0.25) is 5.89 Å².